The second-order valence-electron chi connectivity index (χ2n) is 8.41. The third kappa shape index (κ3) is 4.41. The molecule has 2 heterocycles. The van der Waals surface area contributed by atoms with Crippen LogP contribution < -0.4 is 0 Å². The molecule has 6 nitrogen and oxygen atoms in total. The summed E-state index contributed by atoms with van der Waals surface area (Å²) in [5.74, 6) is 1.23. The lowest BCUT2D eigenvalue weighted by Gasteiger charge is -2.47. The molecule has 2 atom stereocenters. The van der Waals surface area contributed by atoms with Gasteiger partial charge in [0.2, 0.25) is 5.89 Å². The summed E-state index contributed by atoms with van der Waals surface area (Å²) in [6.45, 7) is 12.7. The zero-order valence-corrected chi connectivity index (χ0v) is 16.2. The Morgan fingerprint density at radius 3 is 2.50 bits per heavy atom. The van der Waals surface area contributed by atoms with Crippen LogP contribution in [0.25, 0.3) is 0 Å². The lowest BCUT2D eigenvalue weighted by Crippen LogP contribution is -2.54. The highest BCUT2D eigenvalue weighted by molar-refractivity contribution is 6.16. The Labute approximate surface area is 148 Å². The van der Waals surface area contributed by atoms with E-state index in [1.165, 1.54) is 0 Å². The monoisotopic (exact) mass is 357 g/mol. The Bertz CT molecular complexity index is 574. The van der Waals surface area contributed by atoms with Crippen LogP contribution in [0.5, 0.6) is 0 Å². The van der Waals surface area contributed by atoms with Gasteiger partial charge in [0.1, 0.15) is 11.5 Å². The van der Waals surface area contributed by atoms with Gasteiger partial charge < -0.3 is 14.2 Å². The predicted molar refractivity (Wildman–Crippen MR) is 92.0 cm³/mol. The number of piperidine rings is 1. The summed E-state index contributed by atoms with van der Waals surface area (Å²) in [5, 5.41) is 4.09. The van der Waals surface area contributed by atoms with Crippen LogP contribution in [0.1, 0.15) is 72.0 Å². The van der Waals surface area contributed by atoms with Crippen LogP contribution in [0.4, 0.5) is 4.79 Å². The summed E-state index contributed by atoms with van der Waals surface area (Å²) < 4.78 is 10.8. The van der Waals surface area contributed by atoms with Gasteiger partial charge in [-0.05, 0) is 39.0 Å². The van der Waals surface area contributed by atoms with Crippen LogP contribution in [0.15, 0.2) is 4.52 Å². The molecule has 0 aliphatic carbocycles. The highest BCUT2D eigenvalue weighted by Crippen LogP contribution is 2.41. The SMILES string of the molecule is CC(C)(C)OC(=O)N1CCCC(c2noc(CCl)n2)C1C(C)(C)C. The number of nitrogens with zero attached hydrogens (tertiary/aromatic N) is 3. The molecule has 1 fully saturated rings. The number of rotatable bonds is 2. The summed E-state index contributed by atoms with van der Waals surface area (Å²) in [4.78, 5) is 19.0. The third-order valence-corrected chi connectivity index (χ3v) is 4.30. The highest BCUT2D eigenvalue weighted by Gasteiger charge is 2.45. The Kier molecular flexibility index (Phi) is 5.47. The van der Waals surface area contributed by atoms with Crippen molar-refractivity contribution in [3.05, 3.63) is 11.7 Å². The number of amides is 1. The molecule has 1 aliphatic rings. The van der Waals surface area contributed by atoms with Crippen molar-refractivity contribution >= 4 is 17.7 Å². The third-order valence-electron chi connectivity index (χ3n) is 4.08. The van der Waals surface area contributed by atoms with Gasteiger partial charge in [0, 0.05) is 18.5 Å². The average Bonchev–Trinajstić information content (AvgIpc) is 2.92. The van der Waals surface area contributed by atoms with Gasteiger partial charge in [-0.2, -0.15) is 4.98 Å². The lowest BCUT2D eigenvalue weighted by molar-refractivity contribution is -0.0142. The predicted octanol–water partition coefficient (Wildman–Crippen LogP) is 4.34. The van der Waals surface area contributed by atoms with E-state index in [-0.39, 0.29) is 29.3 Å². The quantitative estimate of drug-likeness (QED) is 0.736. The van der Waals surface area contributed by atoms with Crippen molar-refractivity contribution in [3.63, 3.8) is 0 Å². The van der Waals surface area contributed by atoms with Crippen LogP contribution >= 0.6 is 11.6 Å². The fourth-order valence-corrected chi connectivity index (χ4v) is 3.44. The first-order valence-electron chi connectivity index (χ1n) is 8.41. The van der Waals surface area contributed by atoms with E-state index in [0.29, 0.717) is 18.3 Å². The van der Waals surface area contributed by atoms with E-state index < -0.39 is 5.60 Å². The fraction of sp³-hybridized carbons (Fsp3) is 0.824. The van der Waals surface area contributed by atoms with Crippen molar-refractivity contribution in [2.45, 2.75) is 77.8 Å². The van der Waals surface area contributed by atoms with E-state index >= 15 is 0 Å². The van der Waals surface area contributed by atoms with E-state index in [0.717, 1.165) is 12.8 Å². The maximum absolute atomic E-state index is 12.7. The van der Waals surface area contributed by atoms with E-state index in [4.69, 9.17) is 20.9 Å². The normalized spacial score (nSPS) is 22.5. The second-order valence-corrected chi connectivity index (χ2v) is 8.68. The Morgan fingerprint density at radius 2 is 2.00 bits per heavy atom. The number of carbonyl (C=O) groups is 1. The molecule has 136 valence electrons. The number of alkyl halides is 1. The maximum Gasteiger partial charge on any atom is 0.410 e. The van der Waals surface area contributed by atoms with Crippen molar-refractivity contribution < 1.29 is 14.1 Å². The van der Waals surface area contributed by atoms with E-state index in [9.17, 15) is 4.79 Å². The molecule has 0 saturated carbocycles. The first-order valence-corrected chi connectivity index (χ1v) is 8.94. The lowest BCUT2D eigenvalue weighted by atomic mass is 9.74. The van der Waals surface area contributed by atoms with Crippen molar-refractivity contribution in [3.8, 4) is 0 Å². The van der Waals surface area contributed by atoms with E-state index in [2.05, 4.69) is 30.9 Å². The number of halogens is 1. The van der Waals surface area contributed by atoms with Gasteiger partial charge in [-0.25, -0.2) is 4.79 Å². The summed E-state index contributed by atoms with van der Waals surface area (Å²) >= 11 is 5.78. The van der Waals surface area contributed by atoms with Crippen LogP contribution in [0.3, 0.4) is 0 Å². The van der Waals surface area contributed by atoms with E-state index in [1.807, 2.05) is 25.7 Å². The van der Waals surface area contributed by atoms with Crippen LogP contribution in [0.2, 0.25) is 0 Å². The smallest absolute Gasteiger partial charge is 0.410 e. The summed E-state index contributed by atoms with van der Waals surface area (Å²) in [7, 11) is 0. The molecule has 7 heteroatoms. The molecule has 0 aromatic carbocycles. The topological polar surface area (TPSA) is 68.5 Å². The Balaban J connectivity index is 2.32. The summed E-state index contributed by atoms with van der Waals surface area (Å²) in [6.07, 6.45) is 1.50. The van der Waals surface area contributed by atoms with Gasteiger partial charge in [0.25, 0.3) is 0 Å². The molecular formula is C17H28ClN3O3. The Hall–Kier alpha value is -1.30. The number of carbonyl (C=O) groups excluding carboxylic acids is 1. The zero-order valence-electron chi connectivity index (χ0n) is 15.4. The van der Waals surface area contributed by atoms with Crippen LogP contribution in [-0.2, 0) is 10.6 Å². The van der Waals surface area contributed by atoms with Gasteiger partial charge in [-0.1, -0.05) is 25.9 Å². The Morgan fingerprint density at radius 1 is 1.33 bits per heavy atom. The number of hydrogen-bond donors (Lipinski definition) is 0. The zero-order chi connectivity index (χ0) is 18.1. The molecule has 2 rings (SSSR count). The molecule has 2 unspecified atom stereocenters. The van der Waals surface area contributed by atoms with Crippen molar-refractivity contribution in [2.24, 2.45) is 5.41 Å². The molecule has 1 aromatic rings. The van der Waals surface area contributed by atoms with Crippen LogP contribution in [0, 0.1) is 5.41 Å². The van der Waals surface area contributed by atoms with Gasteiger partial charge in [0.15, 0.2) is 5.82 Å². The second kappa shape index (κ2) is 6.90. The molecule has 1 aromatic heterocycles. The molecule has 1 saturated heterocycles. The first-order chi connectivity index (χ1) is 11.0. The maximum atomic E-state index is 12.7. The average molecular weight is 358 g/mol. The molecule has 24 heavy (non-hydrogen) atoms. The number of likely N-dealkylation sites (tertiary alicyclic amines) is 1. The van der Waals surface area contributed by atoms with Gasteiger partial charge in [0.05, 0.1) is 0 Å². The summed E-state index contributed by atoms with van der Waals surface area (Å²) in [6, 6.07) is -0.0677. The minimum absolute atomic E-state index is 0.00647. The minimum Gasteiger partial charge on any atom is -0.444 e. The molecule has 0 radical (unpaired) electrons. The number of ether oxygens (including phenoxy) is 1. The molecule has 1 aliphatic heterocycles. The largest absolute Gasteiger partial charge is 0.444 e. The minimum atomic E-state index is -0.523. The van der Waals surface area contributed by atoms with E-state index in [1.54, 1.807) is 0 Å². The highest BCUT2D eigenvalue weighted by atomic mass is 35.5. The van der Waals surface area contributed by atoms with Gasteiger partial charge >= 0.3 is 6.09 Å². The number of aromatic nitrogens is 2. The molecule has 0 spiro atoms. The molecule has 0 N–H and O–H groups in total. The standard InChI is InChI=1S/C17H28ClN3O3/c1-16(2,3)13-11(14-19-12(10-18)24-20-14)8-7-9-21(13)15(22)23-17(4,5)6/h11,13H,7-10H2,1-6H3. The molecular weight excluding hydrogens is 330 g/mol. The van der Waals surface area contributed by atoms with Crippen molar-refractivity contribution in [2.75, 3.05) is 6.54 Å². The van der Waals surface area contributed by atoms with Crippen molar-refractivity contribution in [1.29, 1.82) is 0 Å². The number of hydrogen-bond acceptors (Lipinski definition) is 5. The molecule has 0 bridgehead atoms. The molecule has 1 amide bonds. The van der Waals surface area contributed by atoms with Crippen LogP contribution in [-0.4, -0.2) is 39.3 Å². The van der Waals surface area contributed by atoms with Gasteiger partial charge in [-0.15, -0.1) is 11.6 Å². The summed E-state index contributed by atoms with van der Waals surface area (Å²) in [5.41, 5.74) is -0.672. The van der Waals surface area contributed by atoms with Crippen molar-refractivity contribution in [1.82, 2.24) is 15.0 Å². The van der Waals surface area contributed by atoms with Gasteiger partial charge in [-0.3, -0.25) is 0 Å². The first kappa shape index (κ1) is 19.0. The fourth-order valence-electron chi connectivity index (χ4n) is 3.34.